The Bertz CT molecular complexity index is 914. The maximum absolute atomic E-state index is 13.2. The van der Waals surface area contributed by atoms with Gasteiger partial charge in [-0.15, -0.1) is 5.10 Å². The first-order chi connectivity index (χ1) is 9.99. The zero-order valence-corrected chi connectivity index (χ0v) is 10.5. The SMILES string of the molecule is O=C(O)Cn1nc(C(F)F)n2c(cc3ccccc32)c1=O. The first-order valence-electron chi connectivity index (χ1n) is 6.00. The molecule has 0 aliphatic rings. The van der Waals surface area contributed by atoms with Crippen LogP contribution in [0, 0.1) is 0 Å². The second-order valence-electron chi connectivity index (χ2n) is 4.44. The molecule has 2 aromatic heterocycles. The summed E-state index contributed by atoms with van der Waals surface area (Å²) in [6, 6.07) is 8.10. The van der Waals surface area contributed by atoms with Crippen LogP contribution >= 0.6 is 0 Å². The van der Waals surface area contributed by atoms with Gasteiger partial charge in [-0.3, -0.25) is 14.0 Å². The molecule has 0 bridgehead atoms. The summed E-state index contributed by atoms with van der Waals surface area (Å²) < 4.78 is 28.0. The number of aromatic nitrogens is 3. The number of benzene rings is 1. The number of halogens is 2. The average molecular weight is 293 g/mol. The van der Waals surface area contributed by atoms with Crippen LogP contribution in [0.15, 0.2) is 35.1 Å². The number of aliphatic carboxylic acids is 1. The maximum Gasteiger partial charge on any atom is 0.325 e. The molecule has 1 N–H and O–H groups in total. The molecule has 0 spiro atoms. The van der Waals surface area contributed by atoms with Crippen molar-refractivity contribution < 1.29 is 18.7 Å². The number of para-hydroxylation sites is 1. The summed E-state index contributed by atoms with van der Waals surface area (Å²) in [6.07, 6.45) is -2.94. The molecular weight excluding hydrogens is 284 g/mol. The first kappa shape index (κ1) is 13.2. The number of rotatable bonds is 3. The van der Waals surface area contributed by atoms with Crippen LogP contribution in [0.5, 0.6) is 0 Å². The van der Waals surface area contributed by atoms with Crippen LogP contribution in [0.3, 0.4) is 0 Å². The van der Waals surface area contributed by atoms with Gasteiger partial charge in [-0.25, -0.2) is 13.5 Å². The van der Waals surface area contributed by atoms with E-state index in [-0.39, 0.29) is 5.52 Å². The van der Waals surface area contributed by atoms with E-state index in [2.05, 4.69) is 5.10 Å². The summed E-state index contributed by atoms with van der Waals surface area (Å²) >= 11 is 0. The lowest BCUT2D eigenvalue weighted by Gasteiger charge is -2.09. The molecule has 0 unspecified atom stereocenters. The molecule has 0 saturated carbocycles. The van der Waals surface area contributed by atoms with Crippen LogP contribution in [0.25, 0.3) is 16.4 Å². The Kier molecular flexibility index (Phi) is 2.93. The third-order valence-electron chi connectivity index (χ3n) is 3.10. The van der Waals surface area contributed by atoms with E-state index in [1.165, 1.54) is 6.07 Å². The molecule has 0 atom stereocenters. The Hall–Kier alpha value is -2.77. The Morgan fingerprint density at radius 2 is 2.00 bits per heavy atom. The number of nitrogens with zero attached hydrogens (tertiary/aromatic N) is 3. The Morgan fingerprint density at radius 1 is 1.29 bits per heavy atom. The molecule has 2 heterocycles. The fraction of sp³-hybridized carbons (Fsp3) is 0.154. The number of carboxylic acids is 1. The minimum absolute atomic E-state index is 0.0252. The molecule has 3 rings (SSSR count). The van der Waals surface area contributed by atoms with Crippen molar-refractivity contribution >= 4 is 22.4 Å². The summed E-state index contributed by atoms with van der Waals surface area (Å²) in [5.74, 6) is -1.99. The molecule has 1 aromatic carbocycles. The van der Waals surface area contributed by atoms with Crippen LogP contribution in [0.1, 0.15) is 12.2 Å². The zero-order valence-electron chi connectivity index (χ0n) is 10.5. The molecule has 3 aromatic rings. The maximum atomic E-state index is 13.2. The summed E-state index contributed by atoms with van der Waals surface area (Å²) in [5.41, 5.74) is -0.323. The lowest BCUT2D eigenvalue weighted by Crippen LogP contribution is -2.30. The monoisotopic (exact) mass is 293 g/mol. The van der Waals surface area contributed by atoms with Gasteiger partial charge in [0.2, 0.25) is 5.82 Å². The molecule has 21 heavy (non-hydrogen) atoms. The summed E-state index contributed by atoms with van der Waals surface area (Å²) in [7, 11) is 0. The molecule has 0 saturated heterocycles. The highest BCUT2D eigenvalue weighted by atomic mass is 19.3. The van der Waals surface area contributed by atoms with Crippen molar-refractivity contribution in [2.75, 3.05) is 0 Å². The van der Waals surface area contributed by atoms with Gasteiger partial charge < -0.3 is 5.11 Å². The highest BCUT2D eigenvalue weighted by Crippen LogP contribution is 2.23. The van der Waals surface area contributed by atoms with Crippen molar-refractivity contribution in [2.24, 2.45) is 0 Å². The molecule has 108 valence electrons. The minimum atomic E-state index is -2.94. The van der Waals surface area contributed by atoms with Gasteiger partial charge in [0, 0.05) is 5.39 Å². The van der Waals surface area contributed by atoms with Crippen molar-refractivity contribution in [3.05, 3.63) is 46.5 Å². The topological polar surface area (TPSA) is 76.6 Å². The predicted octanol–water partition coefficient (Wildman–Crippen LogP) is 1.67. The molecule has 0 amide bonds. The van der Waals surface area contributed by atoms with E-state index in [1.54, 1.807) is 24.3 Å². The van der Waals surface area contributed by atoms with Gasteiger partial charge in [0.25, 0.3) is 12.0 Å². The van der Waals surface area contributed by atoms with Gasteiger partial charge in [-0.05, 0) is 12.1 Å². The number of hydrogen-bond donors (Lipinski definition) is 1. The fourth-order valence-electron chi connectivity index (χ4n) is 2.28. The smallest absolute Gasteiger partial charge is 0.325 e. The fourth-order valence-corrected chi connectivity index (χ4v) is 2.28. The number of carboxylic acid groups (broad SMARTS) is 1. The number of fused-ring (bicyclic) bond motifs is 3. The predicted molar refractivity (Wildman–Crippen MR) is 69.6 cm³/mol. The van der Waals surface area contributed by atoms with Crippen molar-refractivity contribution in [2.45, 2.75) is 13.0 Å². The molecule has 6 nitrogen and oxygen atoms in total. The third kappa shape index (κ3) is 2.04. The highest BCUT2D eigenvalue weighted by molar-refractivity contribution is 5.87. The standard InChI is InChI=1S/C13H9F2N3O3/c14-11(15)12-16-17(6-10(19)20)13(21)9-5-7-3-1-2-4-8(7)18(9)12/h1-5,11H,6H2,(H,19,20). The van der Waals surface area contributed by atoms with Gasteiger partial charge in [0.15, 0.2) is 0 Å². The molecule has 0 aliphatic carbocycles. The van der Waals surface area contributed by atoms with Crippen LogP contribution in [0.2, 0.25) is 0 Å². The van der Waals surface area contributed by atoms with E-state index in [1.807, 2.05) is 0 Å². The van der Waals surface area contributed by atoms with E-state index in [0.29, 0.717) is 15.6 Å². The number of carbonyl (C=O) groups is 1. The third-order valence-corrected chi connectivity index (χ3v) is 3.10. The van der Waals surface area contributed by atoms with Crippen molar-refractivity contribution in [3.8, 4) is 0 Å². The molecule has 0 fully saturated rings. The summed E-state index contributed by atoms with van der Waals surface area (Å²) in [5, 5.41) is 12.8. The van der Waals surface area contributed by atoms with Gasteiger partial charge in [0.1, 0.15) is 12.1 Å². The van der Waals surface area contributed by atoms with E-state index < -0.39 is 30.3 Å². The van der Waals surface area contributed by atoms with Gasteiger partial charge >= 0.3 is 5.97 Å². The largest absolute Gasteiger partial charge is 0.480 e. The van der Waals surface area contributed by atoms with Crippen LogP contribution in [0.4, 0.5) is 8.78 Å². The molecule has 0 radical (unpaired) electrons. The summed E-state index contributed by atoms with van der Waals surface area (Å²) in [6.45, 7) is -0.767. The molecular formula is C13H9F2N3O3. The highest BCUT2D eigenvalue weighted by Gasteiger charge is 2.21. The van der Waals surface area contributed by atoms with Crippen LogP contribution in [-0.2, 0) is 11.3 Å². The quantitative estimate of drug-likeness (QED) is 0.797. The zero-order chi connectivity index (χ0) is 15.1. The van der Waals surface area contributed by atoms with Crippen molar-refractivity contribution in [1.82, 2.24) is 14.2 Å². The van der Waals surface area contributed by atoms with Gasteiger partial charge in [-0.2, -0.15) is 0 Å². The van der Waals surface area contributed by atoms with E-state index in [4.69, 9.17) is 5.11 Å². The van der Waals surface area contributed by atoms with Gasteiger partial charge in [0.05, 0.1) is 5.52 Å². The Balaban J connectivity index is 2.46. The lowest BCUT2D eigenvalue weighted by molar-refractivity contribution is -0.138. The van der Waals surface area contributed by atoms with Crippen LogP contribution in [-0.4, -0.2) is 25.3 Å². The molecule has 0 aliphatic heterocycles. The van der Waals surface area contributed by atoms with E-state index >= 15 is 0 Å². The van der Waals surface area contributed by atoms with Gasteiger partial charge in [-0.1, -0.05) is 18.2 Å². The van der Waals surface area contributed by atoms with E-state index in [0.717, 1.165) is 4.40 Å². The molecule has 8 heteroatoms. The minimum Gasteiger partial charge on any atom is -0.480 e. The van der Waals surface area contributed by atoms with E-state index in [9.17, 15) is 18.4 Å². The van der Waals surface area contributed by atoms with Crippen molar-refractivity contribution in [3.63, 3.8) is 0 Å². The van der Waals surface area contributed by atoms with Crippen LogP contribution < -0.4 is 5.56 Å². The Labute approximate surface area is 115 Å². The second kappa shape index (κ2) is 4.65. The number of alkyl halides is 2. The normalized spacial score (nSPS) is 11.6. The summed E-state index contributed by atoms with van der Waals surface area (Å²) in [4.78, 5) is 22.9. The lowest BCUT2D eigenvalue weighted by atomic mass is 10.2. The van der Waals surface area contributed by atoms with Crippen molar-refractivity contribution in [1.29, 1.82) is 0 Å². The average Bonchev–Trinajstić information content (AvgIpc) is 2.81. The Morgan fingerprint density at radius 3 is 2.67 bits per heavy atom. The number of hydrogen-bond acceptors (Lipinski definition) is 3. The first-order valence-corrected chi connectivity index (χ1v) is 6.00. The second-order valence-corrected chi connectivity index (χ2v) is 4.44.